The zero-order valence-electron chi connectivity index (χ0n) is 19.4. The Morgan fingerprint density at radius 3 is 2.68 bits per heavy atom. The van der Waals surface area contributed by atoms with Gasteiger partial charge in [0.15, 0.2) is 11.0 Å². The molecule has 0 saturated carbocycles. The largest absolute Gasteiger partial charge is 0.506 e. The highest BCUT2D eigenvalue weighted by Crippen LogP contribution is 2.30. The van der Waals surface area contributed by atoms with E-state index < -0.39 is 5.25 Å². The fraction of sp³-hybridized carbons (Fsp3) is 0.120. The van der Waals surface area contributed by atoms with E-state index in [2.05, 4.69) is 64.6 Å². The minimum atomic E-state index is -0.527. The van der Waals surface area contributed by atoms with Crippen molar-refractivity contribution in [3.8, 4) is 11.4 Å². The lowest BCUT2D eigenvalue weighted by molar-refractivity contribution is -0.120. The molecule has 1 amide bonds. The number of phenols is 1. The van der Waals surface area contributed by atoms with E-state index in [1.54, 1.807) is 19.1 Å². The standard InChI is InChI=1S/C25H21BrClIN6O2S/c1-15(24(36)32-30-13-16-11-17(27)12-21(26)23(16)35)37-25-33-31-22(34(25)20-5-3-2-4-6-20)14-29-19-9-7-18(28)8-10-19/h2-13,15,29,35H,14H2,1H3,(H,32,36)/b30-13+. The number of phenolic OH excluding ortho intramolecular Hbond substituents is 1. The predicted molar refractivity (Wildman–Crippen MR) is 160 cm³/mol. The summed E-state index contributed by atoms with van der Waals surface area (Å²) in [5.74, 6) is 0.357. The Morgan fingerprint density at radius 2 is 1.95 bits per heavy atom. The maximum absolute atomic E-state index is 12.7. The van der Waals surface area contributed by atoms with Gasteiger partial charge in [-0.15, -0.1) is 10.2 Å². The zero-order chi connectivity index (χ0) is 26.4. The molecule has 1 atom stereocenters. The third-order valence-corrected chi connectivity index (χ3v) is 7.68. The molecule has 0 radical (unpaired) electrons. The van der Waals surface area contributed by atoms with Crippen LogP contribution in [0.15, 0.2) is 81.5 Å². The minimum Gasteiger partial charge on any atom is -0.506 e. The molecule has 4 aromatic rings. The van der Waals surface area contributed by atoms with E-state index in [0.29, 0.717) is 32.6 Å². The number of benzene rings is 3. The summed E-state index contributed by atoms with van der Waals surface area (Å²) >= 11 is 12.8. The molecule has 1 unspecified atom stereocenters. The first-order chi connectivity index (χ1) is 17.8. The second-order valence-corrected chi connectivity index (χ2v) is 11.6. The van der Waals surface area contributed by atoms with Crippen molar-refractivity contribution < 1.29 is 9.90 Å². The van der Waals surface area contributed by atoms with Gasteiger partial charge in [-0.05, 0) is 94.0 Å². The van der Waals surface area contributed by atoms with Gasteiger partial charge in [-0.1, -0.05) is 41.6 Å². The van der Waals surface area contributed by atoms with Crippen LogP contribution in [0.5, 0.6) is 5.75 Å². The lowest BCUT2D eigenvalue weighted by Gasteiger charge is -2.13. The number of aromatic nitrogens is 3. The number of anilines is 1. The number of hydrazone groups is 1. The Morgan fingerprint density at radius 1 is 1.22 bits per heavy atom. The van der Waals surface area contributed by atoms with Crippen LogP contribution in [0.3, 0.4) is 0 Å². The van der Waals surface area contributed by atoms with Crippen LogP contribution in [-0.4, -0.2) is 37.2 Å². The molecule has 3 N–H and O–H groups in total. The van der Waals surface area contributed by atoms with Crippen molar-refractivity contribution in [1.82, 2.24) is 20.2 Å². The lowest BCUT2D eigenvalue weighted by Crippen LogP contribution is -2.27. The average Bonchev–Trinajstić information content (AvgIpc) is 3.29. The van der Waals surface area contributed by atoms with Gasteiger partial charge < -0.3 is 10.4 Å². The van der Waals surface area contributed by atoms with Crippen LogP contribution in [0.25, 0.3) is 5.69 Å². The third-order valence-electron chi connectivity index (χ3n) is 5.10. The highest BCUT2D eigenvalue weighted by molar-refractivity contribution is 14.1. The first-order valence-electron chi connectivity index (χ1n) is 11.0. The van der Waals surface area contributed by atoms with Gasteiger partial charge in [0.25, 0.3) is 5.91 Å². The summed E-state index contributed by atoms with van der Waals surface area (Å²) in [6.07, 6.45) is 1.34. The fourth-order valence-corrected chi connectivity index (χ4v) is 5.30. The number of halogens is 3. The normalized spacial score (nSPS) is 12.0. The molecule has 0 aliphatic rings. The number of nitrogens with one attached hydrogen (secondary N) is 2. The van der Waals surface area contributed by atoms with Crippen molar-refractivity contribution >= 4 is 79.7 Å². The van der Waals surface area contributed by atoms with Gasteiger partial charge in [0.05, 0.1) is 22.5 Å². The van der Waals surface area contributed by atoms with Gasteiger partial charge in [0.1, 0.15) is 5.75 Å². The molecular formula is C25H21BrClIN6O2S. The molecule has 1 heterocycles. The van der Waals surface area contributed by atoms with E-state index in [1.807, 2.05) is 59.2 Å². The van der Waals surface area contributed by atoms with E-state index in [-0.39, 0.29) is 11.7 Å². The number of rotatable bonds is 9. The molecule has 0 bridgehead atoms. The molecule has 0 spiro atoms. The highest BCUT2D eigenvalue weighted by Gasteiger charge is 2.21. The minimum absolute atomic E-state index is 0.0211. The molecule has 0 aliphatic carbocycles. The topological polar surface area (TPSA) is 104 Å². The summed E-state index contributed by atoms with van der Waals surface area (Å²) in [6, 6.07) is 20.9. The van der Waals surface area contributed by atoms with E-state index in [4.69, 9.17) is 11.6 Å². The Kier molecular flexibility index (Phi) is 9.46. The number of nitrogens with zero attached hydrogens (tertiary/aromatic N) is 4. The van der Waals surface area contributed by atoms with Crippen molar-refractivity contribution in [2.45, 2.75) is 23.9 Å². The van der Waals surface area contributed by atoms with Crippen molar-refractivity contribution in [1.29, 1.82) is 0 Å². The molecule has 0 aliphatic heterocycles. The van der Waals surface area contributed by atoms with Crippen LogP contribution in [0.2, 0.25) is 5.02 Å². The smallest absolute Gasteiger partial charge is 0.253 e. The van der Waals surface area contributed by atoms with E-state index in [0.717, 1.165) is 14.9 Å². The summed E-state index contributed by atoms with van der Waals surface area (Å²) in [7, 11) is 0. The maximum atomic E-state index is 12.7. The van der Waals surface area contributed by atoms with Crippen LogP contribution in [0.1, 0.15) is 18.3 Å². The van der Waals surface area contributed by atoms with Crippen LogP contribution in [0.4, 0.5) is 5.69 Å². The Labute approximate surface area is 245 Å². The molecule has 0 fully saturated rings. The molecule has 1 aromatic heterocycles. The second kappa shape index (κ2) is 12.8. The van der Waals surface area contributed by atoms with Crippen LogP contribution in [-0.2, 0) is 11.3 Å². The quantitative estimate of drug-likeness (QED) is 0.0823. The van der Waals surface area contributed by atoms with E-state index in [9.17, 15) is 9.90 Å². The number of carbonyl (C=O) groups is 1. The van der Waals surface area contributed by atoms with Crippen LogP contribution >= 0.6 is 61.9 Å². The van der Waals surface area contributed by atoms with Gasteiger partial charge in [-0.25, -0.2) is 5.43 Å². The summed E-state index contributed by atoms with van der Waals surface area (Å²) in [4.78, 5) is 12.7. The van der Waals surface area contributed by atoms with Crippen molar-refractivity contribution in [2.75, 3.05) is 5.32 Å². The first-order valence-corrected chi connectivity index (χ1v) is 14.1. The molecule has 4 rings (SSSR count). The molecule has 3 aromatic carbocycles. The Hall–Kier alpha value is -2.61. The van der Waals surface area contributed by atoms with Crippen LogP contribution < -0.4 is 10.7 Å². The average molecular weight is 712 g/mol. The monoisotopic (exact) mass is 710 g/mol. The predicted octanol–water partition coefficient (Wildman–Crippen LogP) is 6.24. The first kappa shape index (κ1) is 27.4. The van der Waals surface area contributed by atoms with E-state index in [1.165, 1.54) is 18.0 Å². The number of para-hydroxylation sites is 1. The Balaban J connectivity index is 1.47. The highest BCUT2D eigenvalue weighted by atomic mass is 127. The SMILES string of the molecule is CC(Sc1nnc(CNc2ccc(I)cc2)n1-c1ccccc1)C(=O)N/N=C/c1cc(Cl)cc(Br)c1O. The van der Waals surface area contributed by atoms with Gasteiger partial charge in [-0.3, -0.25) is 9.36 Å². The number of aromatic hydroxyl groups is 1. The third kappa shape index (κ3) is 7.24. The van der Waals surface area contributed by atoms with Crippen molar-refractivity contribution in [2.24, 2.45) is 5.10 Å². The fourth-order valence-electron chi connectivity index (χ4n) is 3.23. The molecule has 0 saturated heterocycles. The molecule has 37 heavy (non-hydrogen) atoms. The van der Waals surface area contributed by atoms with Gasteiger partial charge >= 0.3 is 0 Å². The van der Waals surface area contributed by atoms with Gasteiger partial charge in [-0.2, -0.15) is 5.10 Å². The number of hydrogen-bond donors (Lipinski definition) is 3. The molecule has 190 valence electrons. The van der Waals surface area contributed by atoms with E-state index >= 15 is 0 Å². The molecule has 12 heteroatoms. The summed E-state index contributed by atoms with van der Waals surface area (Å²) in [5.41, 5.74) is 4.74. The summed E-state index contributed by atoms with van der Waals surface area (Å²) < 4.78 is 3.52. The maximum Gasteiger partial charge on any atom is 0.253 e. The van der Waals surface area contributed by atoms with Gasteiger partial charge in [0, 0.05) is 25.5 Å². The summed E-state index contributed by atoms with van der Waals surface area (Å²) in [5, 5.41) is 26.7. The Bertz CT molecular complexity index is 1420. The zero-order valence-corrected chi connectivity index (χ0v) is 24.7. The molecule has 8 nitrogen and oxygen atoms in total. The number of amides is 1. The van der Waals surface area contributed by atoms with Crippen molar-refractivity contribution in [3.63, 3.8) is 0 Å². The second-order valence-electron chi connectivity index (χ2n) is 7.75. The summed E-state index contributed by atoms with van der Waals surface area (Å²) in [6.45, 7) is 2.21. The number of hydrogen-bond acceptors (Lipinski definition) is 7. The number of carbonyl (C=O) groups excluding carboxylic acids is 1. The van der Waals surface area contributed by atoms with Gasteiger partial charge in [0.2, 0.25) is 0 Å². The lowest BCUT2D eigenvalue weighted by atomic mass is 10.2. The van der Waals surface area contributed by atoms with Crippen molar-refractivity contribution in [3.05, 3.63) is 91.2 Å². The molecular weight excluding hydrogens is 691 g/mol. The van der Waals surface area contributed by atoms with Crippen LogP contribution in [0, 0.1) is 3.57 Å². The number of thioether (sulfide) groups is 1.